The second kappa shape index (κ2) is 8.48. The SMILES string of the molecule is C1CCN(CN2CCCCC2)CC1.CC(=O)O. The smallest absolute Gasteiger partial charge is 0.300 e. The third kappa shape index (κ3) is 7.34. The summed E-state index contributed by atoms with van der Waals surface area (Å²) in [7, 11) is 0. The molecule has 2 rings (SSSR count). The minimum Gasteiger partial charge on any atom is -0.481 e. The molecule has 17 heavy (non-hydrogen) atoms. The number of aliphatic carboxylic acids is 1. The molecule has 2 saturated heterocycles. The summed E-state index contributed by atoms with van der Waals surface area (Å²) in [6.45, 7) is 7.71. The summed E-state index contributed by atoms with van der Waals surface area (Å²) >= 11 is 0. The van der Waals surface area contributed by atoms with Crippen molar-refractivity contribution in [2.75, 3.05) is 32.8 Å². The summed E-state index contributed by atoms with van der Waals surface area (Å²) < 4.78 is 0. The molecule has 0 unspecified atom stereocenters. The van der Waals surface area contributed by atoms with E-state index in [1.807, 2.05) is 0 Å². The van der Waals surface area contributed by atoms with Crippen LogP contribution in [0.2, 0.25) is 0 Å². The molecule has 0 bridgehead atoms. The van der Waals surface area contributed by atoms with E-state index in [-0.39, 0.29) is 0 Å². The lowest BCUT2D eigenvalue weighted by Crippen LogP contribution is -2.42. The Kier molecular flexibility index (Phi) is 7.21. The molecule has 100 valence electrons. The first kappa shape index (κ1) is 14.5. The fourth-order valence-electron chi connectivity index (χ4n) is 2.48. The van der Waals surface area contributed by atoms with Crippen molar-refractivity contribution in [2.24, 2.45) is 0 Å². The second-order valence-corrected chi connectivity index (χ2v) is 5.02. The highest BCUT2D eigenvalue weighted by Crippen LogP contribution is 2.12. The maximum atomic E-state index is 9.00. The number of carboxylic acids is 1. The number of hydrogen-bond donors (Lipinski definition) is 1. The first-order valence-corrected chi connectivity index (χ1v) is 6.83. The first-order chi connectivity index (χ1) is 8.18. The molecule has 4 nitrogen and oxygen atoms in total. The predicted molar refractivity (Wildman–Crippen MR) is 69.0 cm³/mol. The van der Waals surface area contributed by atoms with Gasteiger partial charge in [0.1, 0.15) is 0 Å². The summed E-state index contributed by atoms with van der Waals surface area (Å²) in [6, 6.07) is 0. The van der Waals surface area contributed by atoms with Gasteiger partial charge in [0, 0.05) is 6.92 Å². The zero-order chi connectivity index (χ0) is 12.5. The Labute approximate surface area is 105 Å². The lowest BCUT2D eigenvalue weighted by molar-refractivity contribution is -0.134. The van der Waals surface area contributed by atoms with Gasteiger partial charge in [0.25, 0.3) is 5.97 Å². The van der Waals surface area contributed by atoms with Gasteiger partial charge < -0.3 is 5.11 Å². The molecule has 1 N–H and O–H groups in total. The van der Waals surface area contributed by atoms with E-state index in [1.54, 1.807) is 0 Å². The molecule has 0 radical (unpaired) electrons. The van der Waals surface area contributed by atoms with E-state index < -0.39 is 5.97 Å². The largest absolute Gasteiger partial charge is 0.481 e. The fourth-order valence-corrected chi connectivity index (χ4v) is 2.48. The third-order valence-corrected chi connectivity index (χ3v) is 3.30. The fraction of sp³-hybridized carbons (Fsp3) is 0.923. The average molecular weight is 242 g/mol. The number of piperidine rings is 2. The van der Waals surface area contributed by atoms with E-state index in [0.29, 0.717) is 0 Å². The average Bonchev–Trinajstić information content (AvgIpc) is 2.31. The van der Waals surface area contributed by atoms with Crippen LogP contribution in [0.15, 0.2) is 0 Å². The number of carboxylic acid groups (broad SMARTS) is 1. The standard InChI is InChI=1S/C11H22N2.C2H4O2/c1-3-7-12(8-4-1)11-13-9-5-2-6-10-13;1-2(3)4/h1-11H2;1H3,(H,3,4). The van der Waals surface area contributed by atoms with Crippen LogP contribution in [0, 0.1) is 0 Å². The van der Waals surface area contributed by atoms with E-state index in [2.05, 4.69) is 9.80 Å². The highest BCUT2D eigenvalue weighted by atomic mass is 16.4. The lowest BCUT2D eigenvalue weighted by atomic mass is 10.1. The molecule has 4 heteroatoms. The Morgan fingerprint density at radius 3 is 1.47 bits per heavy atom. The van der Waals surface area contributed by atoms with Crippen LogP contribution in [-0.4, -0.2) is 53.7 Å². The molecular weight excluding hydrogens is 216 g/mol. The predicted octanol–water partition coefficient (Wildman–Crippen LogP) is 2.01. The number of likely N-dealkylation sites (tertiary alicyclic amines) is 2. The monoisotopic (exact) mass is 242 g/mol. The van der Waals surface area contributed by atoms with Crippen molar-refractivity contribution in [3.8, 4) is 0 Å². The van der Waals surface area contributed by atoms with Crippen LogP contribution in [0.1, 0.15) is 45.4 Å². The maximum absolute atomic E-state index is 9.00. The lowest BCUT2D eigenvalue weighted by Gasteiger charge is -2.34. The van der Waals surface area contributed by atoms with Crippen LogP contribution in [0.5, 0.6) is 0 Å². The van der Waals surface area contributed by atoms with Crippen LogP contribution >= 0.6 is 0 Å². The van der Waals surface area contributed by atoms with E-state index in [4.69, 9.17) is 9.90 Å². The van der Waals surface area contributed by atoms with Crippen molar-refractivity contribution >= 4 is 5.97 Å². The van der Waals surface area contributed by atoms with Crippen LogP contribution < -0.4 is 0 Å². The minimum absolute atomic E-state index is 0.833. The van der Waals surface area contributed by atoms with Gasteiger partial charge in [-0.05, 0) is 51.9 Å². The van der Waals surface area contributed by atoms with E-state index in [9.17, 15) is 0 Å². The highest BCUT2D eigenvalue weighted by molar-refractivity contribution is 5.62. The summed E-state index contributed by atoms with van der Waals surface area (Å²) in [5.41, 5.74) is 0. The topological polar surface area (TPSA) is 43.8 Å². The van der Waals surface area contributed by atoms with Crippen LogP contribution in [0.25, 0.3) is 0 Å². The third-order valence-electron chi connectivity index (χ3n) is 3.30. The highest BCUT2D eigenvalue weighted by Gasteiger charge is 2.15. The number of rotatable bonds is 2. The molecule has 0 aromatic rings. The maximum Gasteiger partial charge on any atom is 0.300 e. The van der Waals surface area contributed by atoms with Gasteiger partial charge in [-0.15, -0.1) is 0 Å². The van der Waals surface area contributed by atoms with Crippen molar-refractivity contribution in [1.82, 2.24) is 9.80 Å². The normalized spacial score (nSPS) is 22.6. The van der Waals surface area contributed by atoms with Crippen LogP contribution in [-0.2, 0) is 4.79 Å². The molecule has 0 atom stereocenters. The summed E-state index contributed by atoms with van der Waals surface area (Å²) in [4.78, 5) is 14.3. The molecule has 2 aliphatic heterocycles. The summed E-state index contributed by atoms with van der Waals surface area (Å²) in [5.74, 6) is -0.833. The van der Waals surface area contributed by atoms with Gasteiger partial charge in [0.2, 0.25) is 0 Å². The van der Waals surface area contributed by atoms with Gasteiger partial charge in [0.15, 0.2) is 0 Å². The van der Waals surface area contributed by atoms with Gasteiger partial charge in [-0.3, -0.25) is 14.6 Å². The molecule has 0 aromatic heterocycles. The molecule has 0 aromatic carbocycles. The van der Waals surface area contributed by atoms with Crippen molar-refractivity contribution in [3.63, 3.8) is 0 Å². The molecule has 2 heterocycles. The summed E-state index contributed by atoms with van der Waals surface area (Å²) in [6.07, 6.45) is 8.61. The van der Waals surface area contributed by atoms with Gasteiger partial charge in [0.05, 0.1) is 6.67 Å². The number of nitrogens with zero attached hydrogens (tertiary/aromatic N) is 2. The molecule has 0 spiro atoms. The Morgan fingerprint density at radius 2 is 1.18 bits per heavy atom. The Hall–Kier alpha value is -0.610. The van der Waals surface area contributed by atoms with Gasteiger partial charge >= 0.3 is 0 Å². The summed E-state index contributed by atoms with van der Waals surface area (Å²) in [5, 5.41) is 7.42. The Bertz CT molecular complexity index is 189. The number of carbonyl (C=O) groups is 1. The quantitative estimate of drug-likeness (QED) is 0.804. The molecule has 0 amide bonds. The van der Waals surface area contributed by atoms with Crippen LogP contribution in [0.3, 0.4) is 0 Å². The second-order valence-electron chi connectivity index (χ2n) is 5.02. The zero-order valence-corrected chi connectivity index (χ0v) is 11.0. The van der Waals surface area contributed by atoms with E-state index in [0.717, 1.165) is 6.92 Å². The van der Waals surface area contributed by atoms with E-state index >= 15 is 0 Å². The zero-order valence-electron chi connectivity index (χ0n) is 11.0. The van der Waals surface area contributed by atoms with Crippen molar-refractivity contribution in [1.29, 1.82) is 0 Å². The van der Waals surface area contributed by atoms with Crippen molar-refractivity contribution < 1.29 is 9.90 Å². The minimum atomic E-state index is -0.833. The van der Waals surface area contributed by atoms with Gasteiger partial charge in [-0.1, -0.05) is 12.8 Å². The first-order valence-electron chi connectivity index (χ1n) is 6.83. The molecule has 2 fully saturated rings. The van der Waals surface area contributed by atoms with E-state index in [1.165, 1.54) is 71.4 Å². The van der Waals surface area contributed by atoms with Gasteiger partial charge in [-0.25, -0.2) is 0 Å². The number of hydrogen-bond acceptors (Lipinski definition) is 3. The van der Waals surface area contributed by atoms with Crippen molar-refractivity contribution in [2.45, 2.75) is 45.4 Å². The molecule has 0 aliphatic carbocycles. The molecule has 2 aliphatic rings. The Morgan fingerprint density at radius 1 is 0.882 bits per heavy atom. The van der Waals surface area contributed by atoms with Crippen molar-refractivity contribution in [3.05, 3.63) is 0 Å². The van der Waals surface area contributed by atoms with Gasteiger partial charge in [-0.2, -0.15) is 0 Å². The molecule has 0 saturated carbocycles. The van der Waals surface area contributed by atoms with Crippen LogP contribution in [0.4, 0.5) is 0 Å². The molecular formula is C13H26N2O2. The Balaban J connectivity index is 0.000000317.